The summed E-state index contributed by atoms with van der Waals surface area (Å²) in [6.07, 6.45) is 0. The van der Waals surface area contributed by atoms with Crippen LogP contribution in [-0.2, 0) is 22.3 Å². The van der Waals surface area contributed by atoms with E-state index in [4.69, 9.17) is 23.2 Å². The lowest BCUT2D eigenvalue weighted by Gasteiger charge is -2.13. The Morgan fingerprint density at radius 3 is 2.31 bits per heavy atom. The van der Waals surface area contributed by atoms with Crippen molar-refractivity contribution in [2.24, 2.45) is 0 Å². The van der Waals surface area contributed by atoms with Crippen LogP contribution in [0.5, 0.6) is 0 Å². The molecule has 0 bridgehead atoms. The first-order valence-electron chi connectivity index (χ1n) is 9.55. The summed E-state index contributed by atoms with van der Waals surface area (Å²) in [6.45, 7) is -0.0705. The number of hydrogen-bond acceptors (Lipinski definition) is 5. The number of rotatable bonds is 8. The molecule has 32 heavy (non-hydrogen) atoms. The van der Waals surface area contributed by atoms with Gasteiger partial charge in [0.05, 0.1) is 22.2 Å². The summed E-state index contributed by atoms with van der Waals surface area (Å²) in [4.78, 5) is 0.172. The van der Waals surface area contributed by atoms with Crippen molar-refractivity contribution in [3.63, 3.8) is 0 Å². The van der Waals surface area contributed by atoms with Gasteiger partial charge in [-0.3, -0.25) is 4.57 Å². The van der Waals surface area contributed by atoms with Gasteiger partial charge in [0, 0.05) is 10.8 Å². The van der Waals surface area contributed by atoms with Crippen LogP contribution in [0.1, 0.15) is 11.4 Å². The van der Waals surface area contributed by atoms with Crippen LogP contribution < -0.4 is 4.72 Å². The first kappa shape index (κ1) is 22.8. The van der Waals surface area contributed by atoms with Crippen LogP contribution >= 0.6 is 35.0 Å². The molecule has 1 N–H and O–H groups in total. The molecule has 0 aliphatic rings. The van der Waals surface area contributed by atoms with Gasteiger partial charge in [-0.25, -0.2) is 13.1 Å². The maximum absolute atomic E-state index is 12.7. The fraction of sp³-hybridized carbons (Fsp3) is 0.0909. The monoisotopic (exact) mass is 504 g/mol. The number of thioether (sulfide) groups is 1. The van der Waals surface area contributed by atoms with Crippen LogP contribution in [0, 0.1) is 0 Å². The molecule has 0 spiro atoms. The first-order chi connectivity index (χ1) is 15.4. The van der Waals surface area contributed by atoms with Gasteiger partial charge < -0.3 is 0 Å². The largest absolute Gasteiger partial charge is 0.271 e. The van der Waals surface area contributed by atoms with Gasteiger partial charge in [0.15, 0.2) is 11.0 Å². The number of benzene rings is 3. The molecule has 1 heterocycles. The molecule has 0 fully saturated rings. The Labute approximate surface area is 200 Å². The Morgan fingerprint density at radius 1 is 0.906 bits per heavy atom. The molecular weight excluding hydrogens is 487 g/mol. The van der Waals surface area contributed by atoms with Crippen LogP contribution in [0.4, 0.5) is 0 Å². The minimum atomic E-state index is -3.72. The molecule has 6 nitrogen and oxygen atoms in total. The summed E-state index contributed by atoms with van der Waals surface area (Å²) < 4.78 is 29.7. The lowest BCUT2D eigenvalue weighted by atomic mass is 10.2. The summed E-state index contributed by atoms with van der Waals surface area (Å²) in [5.41, 5.74) is 1.70. The second kappa shape index (κ2) is 10.1. The third-order valence-electron chi connectivity index (χ3n) is 4.53. The zero-order valence-corrected chi connectivity index (χ0v) is 19.8. The van der Waals surface area contributed by atoms with E-state index in [1.54, 1.807) is 41.0 Å². The van der Waals surface area contributed by atoms with E-state index in [1.165, 1.54) is 23.9 Å². The lowest BCUT2D eigenvalue weighted by Crippen LogP contribution is -2.25. The fourth-order valence-corrected chi connectivity index (χ4v) is 5.26. The first-order valence-corrected chi connectivity index (χ1v) is 12.8. The highest BCUT2D eigenvalue weighted by Gasteiger charge is 2.20. The Balaban J connectivity index is 1.66. The maximum Gasteiger partial charge on any atom is 0.240 e. The predicted octanol–water partition coefficient (Wildman–Crippen LogP) is 5.34. The predicted molar refractivity (Wildman–Crippen MR) is 128 cm³/mol. The molecule has 0 saturated carbocycles. The second-order valence-electron chi connectivity index (χ2n) is 6.74. The van der Waals surface area contributed by atoms with E-state index in [1.807, 2.05) is 30.3 Å². The van der Waals surface area contributed by atoms with Gasteiger partial charge in [-0.1, -0.05) is 83.5 Å². The number of nitrogens with zero attached hydrogens (tertiary/aromatic N) is 3. The average Bonchev–Trinajstić information content (AvgIpc) is 3.22. The SMILES string of the molecule is O=S(=O)(NCc1nnc(SCc2ccccc2)n1-c1cc(Cl)ccc1Cl)c1ccccc1. The van der Waals surface area contributed by atoms with E-state index >= 15 is 0 Å². The molecule has 4 rings (SSSR count). The highest BCUT2D eigenvalue weighted by Crippen LogP contribution is 2.31. The molecule has 4 aromatic rings. The second-order valence-corrected chi connectivity index (χ2v) is 10.3. The number of sulfonamides is 1. The standard InChI is InChI=1S/C22H18Cl2N4O2S2/c23-17-11-12-19(24)20(13-17)28-21(14-25-32(29,30)18-9-5-2-6-10-18)26-27-22(28)31-15-16-7-3-1-4-8-16/h1-13,25H,14-15H2. The van der Waals surface area contributed by atoms with E-state index in [9.17, 15) is 8.42 Å². The smallest absolute Gasteiger partial charge is 0.240 e. The molecule has 0 unspecified atom stereocenters. The molecule has 0 aliphatic carbocycles. The zero-order chi connectivity index (χ0) is 22.6. The van der Waals surface area contributed by atoms with Crippen molar-refractivity contribution in [3.8, 4) is 5.69 Å². The molecule has 0 atom stereocenters. The van der Waals surface area contributed by atoms with Crippen LogP contribution in [0.15, 0.2) is 88.9 Å². The minimum absolute atomic E-state index is 0.0705. The molecule has 0 aliphatic heterocycles. The molecular formula is C22H18Cl2N4O2S2. The van der Waals surface area contributed by atoms with E-state index in [-0.39, 0.29) is 11.4 Å². The van der Waals surface area contributed by atoms with Gasteiger partial charge in [0.2, 0.25) is 10.0 Å². The van der Waals surface area contributed by atoms with Gasteiger partial charge in [0.1, 0.15) is 0 Å². The number of nitrogens with one attached hydrogen (secondary N) is 1. The van der Waals surface area contributed by atoms with E-state index in [0.717, 1.165) is 5.56 Å². The highest BCUT2D eigenvalue weighted by molar-refractivity contribution is 7.98. The third-order valence-corrected chi connectivity index (χ3v) is 7.51. The molecule has 0 saturated heterocycles. The quantitative estimate of drug-likeness (QED) is 0.327. The van der Waals surface area contributed by atoms with Gasteiger partial charge in [-0.05, 0) is 35.9 Å². The number of aromatic nitrogens is 3. The van der Waals surface area contributed by atoms with Crippen molar-refractivity contribution < 1.29 is 8.42 Å². The Morgan fingerprint density at radius 2 is 1.59 bits per heavy atom. The van der Waals surface area contributed by atoms with Gasteiger partial charge >= 0.3 is 0 Å². The minimum Gasteiger partial charge on any atom is -0.271 e. The lowest BCUT2D eigenvalue weighted by molar-refractivity contribution is 0.578. The van der Waals surface area contributed by atoms with Gasteiger partial charge in [0.25, 0.3) is 0 Å². The molecule has 164 valence electrons. The van der Waals surface area contributed by atoms with Crippen LogP contribution in [-0.4, -0.2) is 23.2 Å². The third kappa shape index (κ3) is 5.33. The summed E-state index contributed by atoms with van der Waals surface area (Å²) >= 11 is 14.1. The van der Waals surface area contributed by atoms with E-state index in [0.29, 0.717) is 32.5 Å². The van der Waals surface area contributed by atoms with Gasteiger partial charge in [-0.15, -0.1) is 10.2 Å². The Hall–Kier alpha value is -2.36. The molecule has 0 radical (unpaired) electrons. The fourth-order valence-electron chi connectivity index (χ4n) is 2.97. The van der Waals surface area contributed by atoms with E-state index in [2.05, 4.69) is 14.9 Å². The summed E-state index contributed by atoms with van der Waals surface area (Å²) in [7, 11) is -3.72. The summed E-state index contributed by atoms with van der Waals surface area (Å²) in [5, 5.41) is 10.0. The van der Waals surface area contributed by atoms with Crippen LogP contribution in [0.3, 0.4) is 0 Å². The van der Waals surface area contributed by atoms with Crippen molar-refractivity contribution in [3.05, 3.63) is 100 Å². The van der Waals surface area contributed by atoms with Crippen LogP contribution in [0.2, 0.25) is 10.0 Å². The maximum atomic E-state index is 12.7. The number of hydrogen-bond donors (Lipinski definition) is 1. The van der Waals surface area contributed by atoms with Crippen LogP contribution in [0.25, 0.3) is 5.69 Å². The van der Waals surface area contributed by atoms with Gasteiger partial charge in [-0.2, -0.15) is 0 Å². The highest BCUT2D eigenvalue weighted by atomic mass is 35.5. The zero-order valence-electron chi connectivity index (χ0n) is 16.7. The van der Waals surface area contributed by atoms with E-state index < -0.39 is 10.0 Å². The molecule has 1 aromatic heterocycles. The van der Waals surface area contributed by atoms with Crippen molar-refractivity contribution in [1.29, 1.82) is 0 Å². The summed E-state index contributed by atoms with van der Waals surface area (Å²) in [5.74, 6) is 1.05. The topological polar surface area (TPSA) is 76.9 Å². The molecule has 10 heteroatoms. The van der Waals surface area contributed by atoms with Crippen molar-refractivity contribution in [1.82, 2.24) is 19.5 Å². The summed E-state index contributed by atoms with van der Waals surface area (Å²) in [6, 6.07) is 23.2. The van der Waals surface area contributed by atoms with Crippen molar-refractivity contribution in [2.75, 3.05) is 0 Å². The molecule has 3 aromatic carbocycles. The normalized spacial score (nSPS) is 11.6. The van der Waals surface area contributed by atoms with Crippen molar-refractivity contribution in [2.45, 2.75) is 22.3 Å². The Kier molecular flexibility index (Phi) is 7.17. The van der Waals surface area contributed by atoms with Crippen molar-refractivity contribution >= 4 is 45.0 Å². The average molecular weight is 505 g/mol. The molecule has 0 amide bonds. The number of halogens is 2. The Bertz CT molecular complexity index is 1310.